The lowest BCUT2D eigenvalue weighted by atomic mass is 9.86. The van der Waals surface area contributed by atoms with Crippen LogP contribution in [0.15, 0.2) is 75.0 Å². The number of nitrogens with one attached hydrogen (secondary N) is 1. The number of benzene rings is 1. The van der Waals surface area contributed by atoms with Crippen molar-refractivity contribution >= 4 is 17.7 Å². The van der Waals surface area contributed by atoms with E-state index in [1.54, 1.807) is 25.3 Å². The minimum absolute atomic E-state index is 0.266. The fourth-order valence-electron chi connectivity index (χ4n) is 2.98. The van der Waals surface area contributed by atoms with E-state index in [0.29, 0.717) is 28.4 Å². The van der Waals surface area contributed by atoms with Crippen LogP contribution in [-0.2, 0) is 15.3 Å². The number of rotatable bonds is 6. The van der Waals surface area contributed by atoms with Crippen LogP contribution >= 0.6 is 11.8 Å². The van der Waals surface area contributed by atoms with E-state index in [1.807, 2.05) is 37.3 Å². The minimum atomic E-state index is -0.580. The average molecular weight is 380 g/mol. The molecule has 0 aliphatic carbocycles. The van der Waals surface area contributed by atoms with Crippen LogP contribution in [0.5, 0.6) is 0 Å². The van der Waals surface area contributed by atoms with Crippen LogP contribution in [0, 0.1) is 11.3 Å². The van der Waals surface area contributed by atoms with Gasteiger partial charge in [-0.25, -0.2) is 4.79 Å². The van der Waals surface area contributed by atoms with Crippen molar-refractivity contribution < 1.29 is 13.9 Å². The van der Waals surface area contributed by atoms with Crippen molar-refractivity contribution in [2.75, 3.05) is 6.61 Å². The molecule has 0 bridgehead atoms. The summed E-state index contributed by atoms with van der Waals surface area (Å²) in [6.07, 6.45) is 1.54. The van der Waals surface area contributed by atoms with Gasteiger partial charge in [0.1, 0.15) is 5.76 Å². The number of allylic oxidation sites excluding steroid dienone is 2. The third kappa shape index (κ3) is 4.09. The zero-order valence-electron chi connectivity index (χ0n) is 15.2. The molecule has 1 aromatic heterocycles. The Balaban J connectivity index is 1.97. The van der Waals surface area contributed by atoms with Crippen LogP contribution in [-0.4, -0.2) is 12.6 Å². The summed E-state index contributed by atoms with van der Waals surface area (Å²) in [5.41, 5.74) is 2.69. The number of esters is 1. The first kappa shape index (κ1) is 18.9. The molecule has 0 radical (unpaired) electrons. The minimum Gasteiger partial charge on any atom is -0.468 e. The van der Waals surface area contributed by atoms with Crippen molar-refractivity contribution in [3.05, 3.63) is 81.9 Å². The molecule has 1 aromatic carbocycles. The molecule has 1 unspecified atom stereocenters. The van der Waals surface area contributed by atoms with Crippen molar-refractivity contribution in [2.24, 2.45) is 0 Å². The van der Waals surface area contributed by atoms with Gasteiger partial charge in [-0.3, -0.25) is 0 Å². The molecular formula is C21H20N2O3S. The molecule has 1 atom stereocenters. The summed E-state index contributed by atoms with van der Waals surface area (Å²) in [5.74, 6) is 0.238. The predicted molar refractivity (Wildman–Crippen MR) is 104 cm³/mol. The van der Waals surface area contributed by atoms with Crippen LogP contribution in [0.4, 0.5) is 0 Å². The number of thioether (sulfide) groups is 1. The van der Waals surface area contributed by atoms with Crippen LogP contribution in [0.25, 0.3) is 0 Å². The molecule has 0 saturated heterocycles. The first-order valence-electron chi connectivity index (χ1n) is 8.65. The van der Waals surface area contributed by atoms with E-state index in [2.05, 4.69) is 11.4 Å². The van der Waals surface area contributed by atoms with Crippen molar-refractivity contribution in [2.45, 2.75) is 25.5 Å². The van der Waals surface area contributed by atoms with E-state index in [9.17, 15) is 10.1 Å². The predicted octanol–water partition coefficient (Wildman–Crippen LogP) is 4.47. The van der Waals surface area contributed by atoms with Crippen LogP contribution in [0.1, 0.15) is 31.1 Å². The van der Waals surface area contributed by atoms with E-state index in [0.717, 1.165) is 10.6 Å². The van der Waals surface area contributed by atoms with E-state index < -0.39 is 11.9 Å². The van der Waals surface area contributed by atoms with Gasteiger partial charge >= 0.3 is 5.97 Å². The van der Waals surface area contributed by atoms with E-state index in [4.69, 9.17) is 9.15 Å². The molecule has 1 aliphatic rings. The number of ether oxygens (including phenoxy) is 1. The van der Waals surface area contributed by atoms with Gasteiger partial charge in [-0.15, -0.1) is 11.8 Å². The Morgan fingerprint density at radius 1 is 1.30 bits per heavy atom. The molecule has 5 nitrogen and oxygen atoms in total. The molecule has 6 heteroatoms. The number of furan rings is 1. The highest BCUT2D eigenvalue weighted by molar-refractivity contribution is 8.02. The summed E-state index contributed by atoms with van der Waals surface area (Å²) in [7, 11) is 0. The van der Waals surface area contributed by atoms with Crippen molar-refractivity contribution in [3.8, 4) is 6.07 Å². The highest BCUT2D eigenvalue weighted by Gasteiger charge is 2.37. The summed E-state index contributed by atoms with van der Waals surface area (Å²) >= 11 is 1.53. The summed E-state index contributed by atoms with van der Waals surface area (Å²) in [6.45, 7) is 3.84. The molecule has 27 heavy (non-hydrogen) atoms. The van der Waals surface area contributed by atoms with Gasteiger partial charge in [0.25, 0.3) is 0 Å². The zero-order chi connectivity index (χ0) is 19.2. The second kappa shape index (κ2) is 8.65. The first-order valence-corrected chi connectivity index (χ1v) is 9.63. The number of dihydropyridines is 1. The number of hydrogen-bond donors (Lipinski definition) is 1. The normalized spacial score (nSPS) is 16.7. The smallest absolute Gasteiger partial charge is 0.336 e. The lowest BCUT2D eigenvalue weighted by molar-refractivity contribution is -0.138. The Bertz CT molecular complexity index is 909. The molecule has 1 aliphatic heterocycles. The molecule has 138 valence electrons. The Kier molecular flexibility index (Phi) is 6.05. The Morgan fingerprint density at radius 3 is 2.70 bits per heavy atom. The number of nitriles is 1. The van der Waals surface area contributed by atoms with E-state index in [1.165, 1.54) is 11.8 Å². The molecule has 1 N–H and O–H groups in total. The van der Waals surface area contributed by atoms with Gasteiger partial charge in [0.2, 0.25) is 0 Å². The topological polar surface area (TPSA) is 75.3 Å². The molecule has 0 spiro atoms. The summed E-state index contributed by atoms with van der Waals surface area (Å²) < 4.78 is 10.8. The fraction of sp³-hybridized carbons (Fsp3) is 0.238. The SMILES string of the molecule is CCOC(=O)C1=C(C)NC(SCc2ccccc2)=C(C#N)C1c1ccco1. The van der Waals surface area contributed by atoms with Gasteiger partial charge in [-0.2, -0.15) is 5.26 Å². The lowest BCUT2D eigenvalue weighted by Crippen LogP contribution is -2.28. The van der Waals surface area contributed by atoms with Gasteiger partial charge in [0.05, 0.1) is 41.0 Å². The second-order valence-electron chi connectivity index (χ2n) is 5.96. The third-order valence-electron chi connectivity index (χ3n) is 4.20. The summed E-state index contributed by atoms with van der Waals surface area (Å²) in [6, 6.07) is 15.8. The van der Waals surface area contributed by atoms with E-state index >= 15 is 0 Å². The lowest BCUT2D eigenvalue weighted by Gasteiger charge is -2.27. The van der Waals surface area contributed by atoms with Gasteiger partial charge in [0, 0.05) is 11.4 Å². The first-order chi connectivity index (χ1) is 13.2. The molecule has 2 heterocycles. The Morgan fingerprint density at radius 2 is 2.07 bits per heavy atom. The molecular weight excluding hydrogens is 360 g/mol. The third-order valence-corrected chi connectivity index (χ3v) is 5.28. The number of carbonyl (C=O) groups excluding carboxylic acids is 1. The molecule has 0 fully saturated rings. The number of carbonyl (C=O) groups is 1. The Hall–Kier alpha value is -2.91. The average Bonchev–Trinajstić information content (AvgIpc) is 3.21. The zero-order valence-corrected chi connectivity index (χ0v) is 16.0. The highest BCUT2D eigenvalue weighted by Crippen LogP contribution is 2.41. The van der Waals surface area contributed by atoms with Crippen molar-refractivity contribution in [1.29, 1.82) is 5.26 Å². The molecule has 0 saturated carbocycles. The molecule has 0 amide bonds. The van der Waals surface area contributed by atoms with Crippen LogP contribution in [0.2, 0.25) is 0 Å². The monoisotopic (exact) mass is 380 g/mol. The van der Waals surface area contributed by atoms with Crippen molar-refractivity contribution in [3.63, 3.8) is 0 Å². The standard InChI is InChI=1S/C21H20N2O3S/c1-3-25-21(24)18-14(2)23-20(27-13-15-8-5-4-6-9-15)16(12-22)19(18)17-10-7-11-26-17/h4-11,19,23H,3,13H2,1-2H3. The highest BCUT2D eigenvalue weighted by atomic mass is 32.2. The van der Waals surface area contributed by atoms with Crippen LogP contribution < -0.4 is 5.32 Å². The summed E-state index contributed by atoms with van der Waals surface area (Å²) in [5, 5.41) is 13.8. The van der Waals surface area contributed by atoms with Gasteiger partial charge in [0.15, 0.2) is 0 Å². The van der Waals surface area contributed by atoms with Crippen molar-refractivity contribution in [1.82, 2.24) is 5.32 Å². The quantitative estimate of drug-likeness (QED) is 0.745. The van der Waals surface area contributed by atoms with Gasteiger partial charge in [-0.05, 0) is 31.5 Å². The molecule has 3 rings (SSSR count). The number of hydrogen-bond acceptors (Lipinski definition) is 6. The molecule has 2 aromatic rings. The van der Waals surface area contributed by atoms with Crippen LogP contribution in [0.3, 0.4) is 0 Å². The fourth-order valence-corrected chi connectivity index (χ4v) is 4.02. The Labute approximate surface area is 162 Å². The number of nitrogens with zero attached hydrogens (tertiary/aromatic N) is 1. The summed E-state index contributed by atoms with van der Waals surface area (Å²) in [4.78, 5) is 12.6. The second-order valence-corrected chi connectivity index (χ2v) is 6.95. The maximum atomic E-state index is 12.6. The maximum Gasteiger partial charge on any atom is 0.336 e. The maximum absolute atomic E-state index is 12.6. The van der Waals surface area contributed by atoms with E-state index in [-0.39, 0.29) is 6.61 Å². The largest absolute Gasteiger partial charge is 0.468 e. The van der Waals surface area contributed by atoms with Gasteiger partial charge < -0.3 is 14.5 Å². The van der Waals surface area contributed by atoms with Gasteiger partial charge in [-0.1, -0.05) is 30.3 Å².